The SMILES string of the molecule is CC[C@H](C)[C@H](NC(N)=O)C(=O)NNC(=O)c1ccccc1. The zero-order valence-corrected chi connectivity index (χ0v) is 12.1. The molecule has 114 valence electrons. The van der Waals surface area contributed by atoms with E-state index in [2.05, 4.69) is 16.2 Å². The van der Waals surface area contributed by atoms with Gasteiger partial charge in [0.05, 0.1) is 0 Å². The van der Waals surface area contributed by atoms with Crippen LogP contribution in [0, 0.1) is 5.92 Å². The van der Waals surface area contributed by atoms with Gasteiger partial charge in [0.2, 0.25) is 0 Å². The summed E-state index contributed by atoms with van der Waals surface area (Å²) in [5.74, 6) is -1.08. The molecule has 21 heavy (non-hydrogen) atoms. The Morgan fingerprint density at radius 3 is 2.29 bits per heavy atom. The molecular weight excluding hydrogens is 272 g/mol. The first-order chi connectivity index (χ1) is 9.95. The Morgan fingerprint density at radius 1 is 1.14 bits per heavy atom. The highest BCUT2D eigenvalue weighted by Gasteiger charge is 2.25. The number of hydrazine groups is 1. The second-order valence-electron chi connectivity index (χ2n) is 4.68. The monoisotopic (exact) mass is 292 g/mol. The van der Waals surface area contributed by atoms with Crippen LogP contribution in [0.2, 0.25) is 0 Å². The summed E-state index contributed by atoms with van der Waals surface area (Å²) in [6.07, 6.45) is 0.672. The Bertz CT molecular complexity index is 504. The van der Waals surface area contributed by atoms with E-state index in [4.69, 9.17) is 5.73 Å². The van der Waals surface area contributed by atoms with Crippen molar-refractivity contribution in [2.75, 3.05) is 0 Å². The molecule has 4 amide bonds. The summed E-state index contributed by atoms with van der Waals surface area (Å²) < 4.78 is 0. The van der Waals surface area contributed by atoms with Crippen LogP contribution in [-0.4, -0.2) is 23.9 Å². The van der Waals surface area contributed by atoms with Crippen LogP contribution in [0.15, 0.2) is 30.3 Å². The van der Waals surface area contributed by atoms with Crippen LogP contribution < -0.4 is 21.9 Å². The van der Waals surface area contributed by atoms with Crippen molar-refractivity contribution in [2.45, 2.75) is 26.3 Å². The third kappa shape index (κ3) is 5.13. The lowest BCUT2D eigenvalue weighted by Crippen LogP contribution is -2.55. The number of benzene rings is 1. The number of rotatable bonds is 5. The minimum atomic E-state index is -0.802. The number of carbonyl (C=O) groups is 3. The lowest BCUT2D eigenvalue weighted by molar-refractivity contribution is -0.124. The summed E-state index contributed by atoms with van der Waals surface area (Å²) in [6.45, 7) is 3.69. The highest BCUT2D eigenvalue weighted by molar-refractivity contribution is 5.96. The van der Waals surface area contributed by atoms with Crippen LogP contribution in [0.5, 0.6) is 0 Å². The van der Waals surface area contributed by atoms with Gasteiger partial charge in [-0.2, -0.15) is 0 Å². The van der Waals surface area contributed by atoms with Crippen molar-refractivity contribution in [1.82, 2.24) is 16.2 Å². The van der Waals surface area contributed by atoms with Gasteiger partial charge in [-0.3, -0.25) is 20.4 Å². The van der Waals surface area contributed by atoms with Crippen molar-refractivity contribution < 1.29 is 14.4 Å². The number of hydrogen-bond donors (Lipinski definition) is 4. The molecule has 0 fully saturated rings. The van der Waals surface area contributed by atoms with Gasteiger partial charge in [-0.1, -0.05) is 38.5 Å². The summed E-state index contributed by atoms with van der Waals surface area (Å²) >= 11 is 0. The predicted octanol–water partition coefficient (Wildman–Crippen LogP) is 0.531. The van der Waals surface area contributed by atoms with E-state index in [1.165, 1.54) is 0 Å². The van der Waals surface area contributed by atoms with Gasteiger partial charge in [0.1, 0.15) is 6.04 Å². The molecule has 0 aliphatic rings. The summed E-state index contributed by atoms with van der Waals surface area (Å²) in [5.41, 5.74) is 10.1. The highest BCUT2D eigenvalue weighted by atomic mass is 16.2. The molecule has 7 heteroatoms. The van der Waals surface area contributed by atoms with E-state index in [-0.39, 0.29) is 5.92 Å². The van der Waals surface area contributed by atoms with Crippen LogP contribution in [0.4, 0.5) is 4.79 Å². The van der Waals surface area contributed by atoms with E-state index in [1.54, 1.807) is 37.3 Å². The Hall–Kier alpha value is -2.57. The van der Waals surface area contributed by atoms with E-state index in [0.29, 0.717) is 12.0 Å². The molecule has 0 saturated heterocycles. The van der Waals surface area contributed by atoms with Crippen molar-refractivity contribution in [3.8, 4) is 0 Å². The summed E-state index contributed by atoms with van der Waals surface area (Å²) in [7, 11) is 0. The number of primary amides is 1. The minimum absolute atomic E-state index is 0.119. The third-order valence-corrected chi connectivity index (χ3v) is 3.13. The van der Waals surface area contributed by atoms with Gasteiger partial charge in [-0.25, -0.2) is 4.79 Å². The molecule has 0 aliphatic carbocycles. The van der Waals surface area contributed by atoms with E-state index >= 15 is 0 Å². The van der Waals surface area contributed by atoms with Crippen molar-refractivity contribution in [3.05, 3.63) is 35.9 Å². The number of nitrogens with two attached hydrogens (primary N) is 1. The molecule has 0 bridgehead atoms. The molecule has 0 aliphatic heterocycles. The molecule has 0 aromatic heterocycles. The van der Waals surface area contributed by atoms with Crippen LogP contribution in [0.25, 0.3) is 0 Å². The first kappa shape index (κ1) is 16.5. The molecule has 0 unspecified atom stereocenters. The molecule has 5 N–H and O–H groups in total. The summed E-state index contributed by atoms with van der Waals surface area (Å²) in [4.78, 5) is 34.8. The average molecular weight is 292 g/mol. The van der Waals surface area contributed by atoms with Gasteiger partial charge >= 0.3 is 6.03 Å². The van der Waals surface area contributed by atoms with Crippen LogP contribution in [0.3, 0.4) is 0 Å². The first-order valence-electron chi connectivity index (χ1n) is 6.67. The fourth-order valence-corrected chi connectivity index (χ4v) is 1.71. The van der Waals surface area contributed by atoms with Crippen molar-refractivity contribution in [3.63, 3.8) is 0 Å². The number of amides is 4. The average Bonchev–Trinajstić information content (AvgIpc) is 2.49. The summed E-state index contributed by atoms with van der Waals surface area (Å²) in [6, 6.07) is 6.87. The van der Waals surface area contributed by atoms with Gasteiger partial charge < -0.3 is 11.1 Å². The molecule has 1 aromatic carbocycles. The maximum atomic E-state index is 12.0. The Balaban J connectivity index is 2.61. The van der Waals surface area contributed by atoms with Crippen molar-refractivity contribution in [2.24, 2.45) is 11.7 Å². The molecule has 1 aromatic rings. The van der Waals surface area contributed by atoms with E-state index in [1.807, 2.05) is 6.92 Å². The smallest absolute Gasteiger partial charge is 0.312 e. The number of hydrogen-bond acceptors (Lipinski definition) is 3. The predicted molar refractivity (Wildman–Crippen MR) is 78.0 cm³/mol. The lowest BCUT2D eigenvalue weighted by Gasteiger charge is -2.22. The zero-order chi connectivity index (χ0) is 15.8. The third-order valence-electron chi connectivity index (χ3n) is 3.13. The highest BCUT2D eigenvalue weighted by Crippen LogP contribution is 2.07. The van der Waals surface area contributed by atoms with Crippen LogP contribution >= 0.6 is 0 Å². The molecule has 0 radical (unpaired) electrons. The second-order valence-corrected chi connectivity index (χ2v) is 4.68. The Labute approximate surface area is 123 Å². The van der Waals surface area contributed by atoms with Gasteiger partial charge in [0.15, 0.2) is 0 Å². The largest absolute Gasteiger partial charge is 0.352 e. The molecule has 7 nitrogen and oxygen atoms in total. The summed E-state index contributed by atoms with van der Waals surface area (Å²) in [5, 5.41) is 2.37. The standard InChI is InChI=1S/C14H20N4O3/c1-3-9(2)11(16-14(15)21)13(20)18-17-12(19)10-7-5-4-6-8-10/h4-9,11H,3H2,1-2H3,(H,17,19)(H,18,20)(H3,15,16,21)/t9-,11-/m0/s1. The number of urea groups is 1. The van der Waals surface area contributed by atoms with Crippen molar-refractivity contribution >= 4 is 17.8 Å². The normalized spacial score (nSPS) is 12.9. The van der Waals surface area contributed by atoms with Gasteiger partial charge in [0, 0.05) is 5.56 Å². The Morgan fingerprint density at radius 2 is 1.76 bits per heavy atom. The molecule has 1 rings (SSSR count). The number of carbonyl (C=O) groups excluding carboxylic acids is 3. The van der Waals surface area contributed by atoms with Gasteiger partial charge in [0.25, 0.3) is 11.8 Å². The molecule has 0 spiro atoms. The van der Waals surface area contributed by atoms with E-state index in [0.717, 1.165) is 0 Å². The quantitative estimate of drug-likeness (QED) is 0.594. The van der Waals surface area contributed by atoms with E-state index < -0.39 is 23.9 Å². The molecule has 0 saturated carbocycles. The van der Waals surface area contributed by atoms with Crippen LogP contribution in [0.1, 0.15) is 30.6 Å². The maximum Gasteiger partial charge on any atom is 0.312 e. The van der Waals surface area contributed by atoms with Crippen LogP contribution in [-0.2, 0) is 4.79 Å². The maximum absolute atomic E-state index is 12.0. The fourth-order valence-electron chi connectivity index (χ4n) is 1.71. The number of nitrogens with one attached hydrogen (secondary N) is 3. The second kappa shape index (κ2) is 7.88. The van der Waals surface area contributed by atoms with Gasteiger partial charge in [-0.05, 0) is 18.1 Å². The minimum Gasteiger partial charge on any atom is -0.352 e. The zero-order valence-electron chi connectivity index (χ0n) is 12.1. The molecule has 0 heterocycles. The first-order valence-corrected chi connectivity index (χ1v) is 6.67. The van der Waals surface area contributed by atoms with Gasteiger partial charge in [-0.15, -0.1) is 0 Å². The fraction of sp³-hybridized carbons (Fsp3) is 0.357. The Kier molecular flexibility index (Phi) is 6.19. The topological polar surface area (TPSA) is 113 Å². The molecular formula is C14H20N4O3. The van der Waals surface area contributed by atoms with E-state index in [9.17, 15) is 14.4 Å². The molecule has 2 atom stereocenters. The lowest BCUT2D eigenvalue weighted by atomic mass is 9.99. The van der Waals surface area contributed by atoms with Crippen molar-refractivity contribution in [1.29, 1.82) is 0 Å².